The minimum atomic E-state index is 0.569. The molecule has 1 N–H and O–H groups in total. The van der Waals surface area contributed by atoms with Gasteiger partial charge in [-0.05, 0) is 45.2 Å². The van der Waals surface area contributed by atoms with Crippen molar-refractivity contribution in [1.29, 1.82) is 0 Å². The standard InChI is InChI=1S/C16H32N2O/c1-4-13-6-8-15(9-7-13)18(3)10-14-11-19-12-16(14)17-5-2/h13-17H,4-12H2,1-3H3. The van der Waals surface area contributed by atoms with Crippen molar-refractivity contribution < 1.29 is 4.74 Å². The molecule has 2 unspecified atom stereocenters. The van der Waals surface area contributed by atoms with Crippen molar-refractivity contribution in [2.24, 2.45) is 11.8 Å². The van der Waals surface area contributed by atoms with Crippen LogP contribution in [-0.4, -0.2) is 50.3 Å². The third-order valence-corrected chi connectivity index (χ3v) is 5.20. The maximum absolute atomic E-state index is 5.66. The van der Waals surface area contributed by atoms with Crippen molar-refractivity contribution in [2.75, 3.05) is 33.4 Å². The van der Waals surface area contributed by atoms with E-state index in [1.165, 1.54) is 38.6 Å². The molecular formula is C16H32N2O. The maximum atomic E-state index is 5.66. The highest BCUT2D eigenvalue weighted by Crippen LogP contribution is 2.29. The number of rotatable bonds is 6. The molecule has 112 valence electrons. The highest BCUT2D eigenvalue weighted by molar-refractivity contribution is 4.85. The summed E-state index contributed by atoms with van der Waals surface area (Å²) in [6.45, 7) is 8.60. The van der Waals surface area contributed by atoms with Crippen molar-refractivity contribution in [3.05, 3.63) is 0 Å². The van der Waals surface area contributed by atoms with Crippen molar-refractivity contribution in [3.8, 4) is 0 Å². The first-order chi connectivity index (χ1) is 9.24. The van der Waals surface area contributed by atoms with Crippen molar-refractivity contribution >= 4 is 0 Å². The lowest BCUT2D eigenvalue weighted by molar-refractivity contribution is 0.129. The van der Waals surface area contributed by atoms with E-state index in [4.69, 9.17) is 4.74 Å². The van der Waals surface area contributed by atoms with E-state index in [0.717, 1.165) is 31.7 Å². The van der Waals surface area contributed by atoms with Crippen LogP contribution in [0.25, 0.3) is 0 Å². The average molecular weight is 268 g/mol. The minimum Gasteiger partial charge on any atom is -0.379 e. The molecule has 2 atom stereocenters. The number of nitrogens with one attached hydrogen (secondary N) is 1. The average Bonchev–Trinajstić information content (AvgIpc) is 2.86. The van der Waals surface area contributed by atoms with E-state index in [2.05, 4.69) is 31.1 Å². The summed E-state index contributed by atoms with van der Waals surface area (Å²) in [7, 11) is 2.32. The van der Waals surface area contributed by atoms with Crippen LogP contribution in [0.1, 0.15) is 46.0 Å². The van der Waals surface area contributed by atoms with Crippen LogP contribution in [0.15, 0.2) is 0 Å². The zero-order valence-electron chi connectivity index (χ0n) is 13.0. The van der Waals surface area contributed by atoms with Gasteiger partial charge in [-0.1, -0.05) is 20.3 Å². The lowest BCUT2D eigenvalue weighted by atomic mass is 9.84. The van der Waals surface area contributed by atoms with Crippen LogP contribution in [0.2, 0.25) is 0 Å². The summed E-state index contributed by atoms with van der Waals surface area (Å²) in [5.41, 5.74) is 0. The second kappa shape index (κ2) is 7.61. The highest BCUT2D eigenvalue weighted by Gasteiger charge is 2.31. The van der Waals surface area contributed by atoms with E-state index in [1.807, 2.05) is 0 Å². The monoisotopic (exact) mass is 268 g/mol. The molecule has 1 heterocycles. The van der Waals surface area contributed by atoms with Gasteiger partial charge in [-0.25, -0.2) is 0 Å². The Hall–Kier alpha value is -0.120. The minimum absolute atomic E-state index is 0.569. The molecule has 2 fully saturated rings. The number of likely N-dealkylation sites (N-methyl/N-ethyl adjacent to an activating group) is 1. The molecule has 0 aromatic rings. The molecular weight excluding hydrogens is 236 g/mol. The summed E-state index contributed by atoms with van der Waals surface area (Å²) < 4.78 is 5.66. The van der Waals surface area contributed by atoms with Gasteiger partial charge in [0.25, 0.3) is 0 Å². The third kappa shape index (κ3) is 4.17. The predicted molar refractivity (Wildman–Crippen MR) is 80.4 cm³/mol. The molecule has 0 radical (unpaired) electrons. The van der Waals surface area contributed by atoms with Gasteiger partial charge in [0, 0.05) is 24.5 Å². The van der Waals surface area contributed by atoms with E-state index in [-0.39, 0.29) is 0 Å². The van der Waals surface area contributed by atoms with Gasteiger partial charge in [0.15, 0.2) is 0 Å². The second-order valence-electron chi connectivity index (χ2n) is 6.48. The van der Waals surface area contributed by atoms with Gasteiger partial charge in [-0.15, -0.1) is 0 Å². The van der Waals surface area contributed by atoms with Gasteiger partial charge in [0.1, 0.15) is 0 Å². The molecule has 0 spiro atoms. The van der Waals surface area contributed by atoms with Crippen molar-refractivity contribution in [1.82, 2.24) is 10.2 Å². The Bertz CT molecular complexity index is 251. The molecule has 2 rings (SSSR count). The van der Waals surface area contributed by atoms with Gasteiger partial charge in [0.05, 0.1) is 13.2 Å². The van der Waals surface area contributed by atoms with Gasteiger partial charge >= 0.3 is 0 Å². The molecule has 1 saturated carbocycles. The SMILES string of the molecule is CCNC1COCC1CN(C)C1CCC(CC)CC1. The molecule has 19 heavy (non-hydrogen) atoms. The fourth-order valence-corrected chi connectivity index (χ4v) is 3.78. The number of hydrogen-bond acceptors (Lipinski definition) is 3. The Morgan fingerprint density at radius 3 is 2.47 bits per heavy atom. The lowest BCUT2D eigenvalue weighted by Gasteiger charge is -2.36. The lowest BCUT2D eigenvalue weighted by Crippen LogP contribution is -2.44. The van der Waals surface area contributed by atoms with Crippen LogP contribution >= 0.6 is 0 Å². The maximum Gasteiger partial charge on any atom is 0.0623 e. The van der Waals surface area contributed by atoms with E-state index in [9.17, 15) is 0 Å². The second-order valence-corrected chi connectivity index (χ2v) is 6.48. The molecule has 0 aromatic heterocycles. The van der Waals surface area contributed by atoms with Crippen LogP contribution in [-0.2, 0) is 4.74 Å². The van der Waals surface area contributed by atoms with Crippen LogP contribution in [0, 0.1) is 11.8 Å². The quantitative estimate of drug-likeness (QED) is 0.801. The van der Waals surface area contributed by atoms with Crippen LogP contribution in [0.4, 0.5) is 0 Å². The summed E-state index contributed by atoms with van der Waals surface area (Å²) in [6, 6.07) is 1.38. The molecule has 0 bridgehead atoms. The Morgan fingerprint density at radius 2 is 1.84 bits per heavy atom. The molecule has 0 aromatic carbocycles. The summed E-state index contributed by atoms with van der Waals surface area (Å²) >= 11 is 0. The topological polar surface area (TPSA) is 24.5 Å². The van der Waals surface area contributed by atoms with Gasteiger partial charge in [0.2, 0.25) is 0 Å². The summed E-state index contributed by atoms with van der Waals surface area (Å²) in [4.78, 5) is 2.61. The number of hydrogen-bond donors (Lipinski definition) is 1. The zero-order chi connectivity index (χ0) is 13.7. The number of nitrogens with zero attached hydrogens (tertiary/aromatic N) is 1. The van der Waals surface area contributed by atoms with E-state index in [1.54, 1.807) is 0 Å². The third-order valence-electron chi connectivity index (χ3n) is 5.20. The normalized spacial score (nSPS) is 36.0. The molecule has 3 heteroatoms. The van der Waals surface area contributed by atoms with Crippen LogP contribution in [0.5, 0.6) is 0 Å². The fraction of sp³-hybridized carbons (Fsp3) is 1.00. The Morgan fingerprint density at radius 1 is 1.11 bits per heavy atom. The highest BCUT2D eigenvalue weighted by atomic mass is 16.5. The first kappa shape index (κ1) is 15.3. The van der Waals surface area contributed by atoms with Crippen LogP contribution in [0.3, 0.4) is 0 Å². The summed E-state index contributed by atoms with van der Waals surface area (Å²) in [5, 5.41) is 3.57. The van der Waals surface area contributed by atoms with Crippen LogP contribution < -0.4 is 5.32 Å². The van der Waals surface area contributed by atoms with Gasteiger partial charge < -0.3 is 15.0 Å². The van der Waals surface area contributed by atoms with Crippen molar-refractivity contribution in [2.45, 2.75) is 58.0 Å². The Balaban J connectivity index is 1.76. The Kier molecular flexibility index (Phi) is 6.11. The van der Waals surface area contributed by atoms with E-state index >= 15 is 0 Å². The zero-order valence-corrected chi connectivity index (χ0v) is 13.0. The molecule has 1 aliphatic carbocycles. The smallest absolute Gasteiger partial charge is 0.0623 e. The molecule has 1 aliphatic heterocycles. The molecule has 3 nitrogen and oxygen atoms in total. The first-order valence-electron chi connectivity index (χ1n) is 8.25. The van der Waals surface area contributed by atoms with E-state index < -0.39 is 0 Å². The Labute approximate surface area is 119 Å². The van der Waals surface area contributed by atoms with Gasteiger partial charge in [-0.3, -0.25) is 0 Å². The fourth-order valence-electron chi connectivity index (χ4n) is 3.78. The molecule has 1 saturated heterocycles. The molecule has 2 aliphatic rings. The summed E-state index contributed by atoms with van der Waals surface area (Å²) in [5.74, 6) is 1.67. The molecule has 0 amide bonds. The van der Waals surface area contributed by atoms with Crippen molar-refractivity contribution in [3.63, 3.8) is 0 Å². The summed E-state index contributed by atoms with van der Waals surface area (Å²) in [6.07, 6.45) is 7.03. The van der Waals surface area contributed by atoms with E-state index in [0.29, 0.717) is 12.0 Å². The predicted octanol–water partition coefficient (Wildman–Crippen LogP) is 2.51. The first-order valence-corrected chi connectivity index (χ1v) is 8.25. The number of ether oxygens (including phenoxy) is 1. The largest absolute Gasteiger partial charge is 0.379 e. The van der Waals surface area contributed by atoms with Gasteiger partial charge in [-0.2, -0.15) is 0 Å².